The number of aromatic nitrogens is 2. The number of nitrogens with zero attached hydrogens (tertiary/aromatic N) is 2. The minimum Gasteiger partial charge on any atom is -0.468 e. The average Bonchev–Trinajstić information content (AvgIpc) is 2.58. The van der Waals surface area contributed by atoms with Crippen LogP contribution in [0.1, 0.15) is 5.56 Å². The molecule has 0 aliphatic rings. The Hall–Kier alpha value is -1.76. The van der Waals surface area contributed by atoms with Crippen molar-refractivity contribution >= 4 is 45.4 Å². The molecule has 1 N–H and O–H groups in total. The lowest BCUT2D eigenvalue weighted by Crippen LogP contribution is -2.15. The van der Waals surface area contributed by atoms with Crippen LogP contribution in [0, 0.1) is 11.3 Å². The van der Waals surface area contributed by atoms with E-state index in [1.807, 2.05) is 12.1 Å². The Labute approximate surface area is 155 Å². The van der Waals surface area contributed by atoms with E-state index in [2.05, 4.69) is 30.6 Å². The van der Waals surface area contributed by atoms with Crippen molar-refractivity contribution in [2.45, 2.75) is 10.1 Å². The Bertz CT molecular complexity index is 877. The second-order valence-electron chi connectivity index (χ2n) is 4.42. The summed E-state index contributed by atoms with van der Waals surface area (Å²) >= 11 is 5.91. The van der Waals surface area contributed by atoms with Gasteiger partial charge in [-0.2, -0.15) is 5.26 Å². The summed E-state index contributed by atoms with van der Waals surface area (Å²) in [6.45, 7) is 0. The molecule has 0 saturated carbocycles. The molecule has 0 atom stereocenters. The van der Waals surface area contributed by atoms with Gasteiger partial charge in [0.1, 0.15) is 11.6 Å². The topological polar surface area (TPSA) is 95.8 Å². The predicted molar refractivity (Wildman–Crippen MR) is 97.2 cm³/mol. The molecule has 6 nitrogen and oxygen atoms in total. The molecule has 0 aliphatic heterocycles. The fourth-order valence-corrected chi connectivity index (χ4v) is 3.67. The van der Waals surface area contributed by atoms with Gasteiger partial charge < -0.3 is 9.72 Å². The number of nitriles is 1. The summed E-state index contributed by atoms with van der Waals surface area (Å²) in [4.78, 5) is 31.2. The Kier molecular flexibility index (Phi) is 6.48. The van der Waals surface area contributed by atoms with E-state index in [0.29, 0.717) is 16.4 Å². The van der Waals surface area contributed by atoms with Crippen LogP contribution in [0.2, 0.25) is 0 Å². The number of aromatic amines is 1. The van der Waals surface area contributed by atoms with Gasteiger partial charge >= 0.3 is 5.97 Å². The third-order valence-corrected chi connectivity index (χ3v) is 5.08. The first-order valence-corrected chi connectivity index (χ1v) is 9.58. The molecule has 0 spiro atoms. The van der Waals surface area contributed by atoms with Gasteiger partial charge in [-0.3, -0.25) is 9.59 Å². The van der Waals surface area contributed by atoms with E-state index in [-0.39, 0.29) is 17.3 Å². The first-order chi connectivity index (χ1) is 11.5. The lowest BCUT2D eigenvalue weighted by Gasteiger charge is -2.11. The highest BCUT2D eigenvalue weighted by molar-refractivity contribution is 9.10. The minimum absolute atomic E-state index is 0.0601. The molecule has 0 radical (unpaired) electrons. The van der Waals surface area contributed by atoms with Gasteiger partial charge in [0.05, 0.1) is 18.6 Å². The number of esters is 1. The number of hydrogen-bond donors (Lipinski definition) is 1. The van der Waals surface area contributed by atoms with Gasteiger partial charge in [-0.25, -0.2) is 4.98 Å². The lowest BCUT2D eigenvalue weighted by molar-refractivity contribution is -0.137. The van der Waals surface area contributed by atoms with Crippen LogP contribution in [-0.4, -0.2) is 35.1 Å². The van der Waals surface area contributed by atoms with Crippen LogP contribution in [0.15, 0.2) is 37.5 Å². The largest absolute Gasteiger partial charge is 0.468 e. The number of hydrogen-bond acceptors (Lipinski definition) is 7. The van der Waals surface area contributed by atoms with E-state index in [0.717, 1.165) is 9.37 Å². The van der Waals surface area contributed by atoms with Gasteiger partial charge in [-0.1, -0.05) is 33.8 Å². The molecule has 0 saturated heterocycles. The van der Waals surface area contributed by atoms with Gasteiger partial charge in [-0.15, -0.1) is 11.8 Å². The molecular formula is C15H12BrN3O3S2. The fraction of sp³-hybridized carbons (Fsp3) is 0.200. The number of nitrogens with one attached hydrogen (secondary N) is 1. The highest BCUT2D eigenvalue weighted by Gasteiger charge is 2.17. The smallest absolute Gasteiger partial charge is 0.315 e. The highest BCUT2D eigenvalue weighted by Crippen LogP contribution is 2.34. The second-order valence-corrected chi connectivity index (χ2v) is 7.14. The van der Waals surface area contributed by atoms with Gasteiger partial charge in [0.15, 0.2) is 5.16 Å². The fourth-order valence-electron chi connectivity index (χ4n) is 1.85. The van der Waals surface area contributed by atoms with E-state index >= 15 is 0 Å². The maximum atomic E-state index is 12.1. The van der Waals surface area contributed by atoms with Crippen LogP contribution in [0.4, 0.5) is 0 Å². The van der Waals surface area contributed by atoms with Crippen molar-refractivity contribution in [3.63, 3.8) is 0 Å². The first kappa shape index (κ1) is 18.6. The van der Waals surface area contributed by atoms with Crippen LogP contribution in [0.3, 0.4) is 0 Å². The minimum atomic E-state index is -0.487. The van der Waals surface area contributed by atoms with Crippen LogP contribution in [0.25, 0.3) is 11.3 Å². The quantitative estimate of drug-likeness (QED) is 0.446. The molecule has 24 heavy (non-hydrogen) atoms. The van der Waals surface area contributed by atoms with Gasteiger partial charge in [0, 0.05) is 14.9 Å². The number of carbonyl (C=O) groups is 1. The summed E-state index contributed by atoms with van der Waals surface area (Å²) in [7, 11) is 1.32. The zero-order valence-electron chi connectivity index (χ0n) is 12.8. The number of rotatable bonds is 5. The zero-order valence-corrected chi connectivity index (χ0v) is 16.0. The number of thioether (sulfide) groups is 2. The van der Waals surface area contributed by atoms with Crippen molar-refractivity contribution in [1.82, 2.24) is 9.97 Å². The van der Waals surface area contributed by atoms with Crippen molar-refractivity contribution in [2.75, 3.05) is 19.1 Å². The van der Waals surface area contributed by atoms with E-state index in [1.165, 1.54) is 30.6 Å². The normalized spacial score (nSPS) is 10.2. The molecule has 1 aromatic carbocycles. The van der Waals surface area contributed by atoms with Crippen LogP contribution >= 0.6 is 39.5 Å². The summed E-state index contributed by atoms with van der Waals surface area (Å²) in [6.07, 6.45) is 1.78. The molecule has 9 heteroatoms. The standard InChI is InChI=1S/C15H12BrN3O3S2/c1-22-12(20)7-24-11-5-8(16)3-4-9(11)13-10(6-17)14(21)19-15(18-13)23-2/h3-5H,7H2,1-2H3,(H,18,19,21). The molecule has 0 fully saturated rings. The SMILES string of the molecule is COC(=O)CSc1cc(Br)ccc1-c1nc(SC)[nH]c(=O)c1C#N. The average molecular weight is 426 g/mol. The number of methoxy groups -OCH3 is 1. The van der Waals surface area contributed by atoms with Gasteiger partial charge in [0.25, 0.3) is 5.56 Å². The monoisotopic (exact) mass is 425 g/mol. The third kappa shape index (κ3) is 4.20. The molecule has 124 valence electrons. The lowest BCUT2D eigenvalue weighted by atomic mass is 10.1. The Balaban J connectivity index is 2.60. The van der Waals surface area contributed by atoms with Crippen molar-refractivity contribution in [1.29, 1.82) is 5.26 Å². The second kappa shape index (κ2) is 8.37. The molecular weight excluding hydrogens is 414 g/mol. The maximum absolute atomic E-state index is 12.1. The number of benzene rings is 1. The molecule has 0 amide bonds. The Morgan fingerprint density at radius 3 is 2.88 bits per heavy atom. The first-order valence-electron chi connectivity index (χ1n) is 6.58. The zero-order chi connectivity index (χ0) is 17.7. The van der Waals surface area contributed by atoms with Crippen LogP contribution < -0.4 is 5.56 Å². The van der Waals surface area contributed by atoms with Crippen molar-refractivity contribution in [2.24, 2.45) is 0 Å². The molecule has 1 aromatic heterocycles. The molecule has 2 rings (SSSR count). The maximum Gasteiger partial charge on any atom is 0.315 e. The molecule has 0 aliphatic carbocycles. The van der Waals surface area contributed by atoms with Crippen LogP contribution in [0.5, 0.6) is 0 Å². The third-order valence-electron chi connectivity index (χ3n) is 2.97. The van der Waals surface area contributed by atoms with Crippen LogP contribution in [-0.2, 0) is 9.53 Å². The predicted octanol–water partition coefficient (Wildman–Crippen LogP) is 3.06. The molecule has 0 bridgehead atoms. The van der Waals surface area contributed by atoms with Gasteiger partial charge in [-0.05, 0) is 18.4 Å². The van der Waals surface area contributed by atoms with Crippen molar-refractivity contribution in [3.05, 3.63) is 38.6 Å². The van der Waals surface area contributed by atoms with Gasteiger partial charge in [0.2, 0.25) is 0 Å². The van der Waals surface area contributed by atoms with E-state index < -0.39 is 5.56 Å². The summed E-state index contributed by atoms with van der Waals surface area (Å²) in [5.74, 6) is -0.254. The molecule has 0 unspecified atom stereocenters. The Morgan fingerprint density at radius 2 is 2.25 bits per heavy atom. The molecule has 1 heterocycles. The van der Waals surface area contributed by atoms with E-state index in [4.69, 9.17) is 0 Å². The molecule has 2 aromatic rings. The van der Waals surface area contributed by atoms with E-state index in [9.17, 15) is 14.9 Å². The van der Waals surface area contributed by atoms with Crippen molar-refractivity contribution in [3.8, 4) is 17.3 Å². The summed E-state index contributed by atoms with van der Waals surface area (Å²) < 4.78 is 5.46. The number of carbonyl (C=O) groups excluding carboxylic acids is 1. The summed E-state index contributed by atoms with van der Waals surface area (Å²) in [5, 5.41) is 9.74. The number of halogens is 1. The summed E-state index contributed by atoms with van der Waals surface area (Å²) in [6, 6.07) is 7.27. The number of ether oxygens (including phenoxy) is 1. The summed E-state index contributed by atoms with van der Waals surface area (Å²) in [5.41, 5.74) is 0.365. The van der Waals surface area contributed by atoms with E-state index in [1.54, 1.807) is 18.4 Å². The highest BCUT2D eigenvalue weighted by atomic mass is 79.9. The van der Waals surface area contributed by atoms with Crippen molar-refractivity contribution < 1.29 is 9.53 Å². The Morgan fingerprint density at radius 1 is 1.50 bits per heavy atom. The number of H-pyrrole nitrogens is 1.